The molecule has 1 aromatic heterocycles. The van der Waals surface area contributed by atoms with Crippen LogP contribution in [0.2, 0.25) is 0 Å². The summed E-state index contributed by atoms with van der Waals surface area (Å²) in [6, 6.07) is 1.06. The van der Waals surface area contributed by atoms with Crippen molar-refractivity contribution >= 4 is 11.9 Å². The Morgan fingerprint density at radius 3 is 2.47 bits per heavy atom. The minimum absolute atomic E-state index is 0.00464. The lowest BCUT2D eigenvalue weighted by Gasteiger charge is -2.26. The number of amides is 1. The van der Waals surface area contributed by atoms with Gasteiger partial charge in [0.2, 0.25) is 0 Å². The minimum Gasteiger partial charge on any atom is -0.481 e. The van der Waals surface area contributed by atoms with Crippen molar-refractivity contribution in [1.82, 2.24) is 10.3 Å². The molecular formula is C13H17FN2O3. The van der Waals surface area contributed by atoms with Gasteiger partial charge in [-0.15, -0.1) is 0 Å². The first-order valence-electron chi connectivity index (χ1n) is 6.07. The second kappa shape index (κ2) is 6.26. The molecule has 0 fully saturated rings. The molecule has 0 saturated heterocycles. The van der Waals surface area contributed by atoms with Gasteiger partial charge in [0, 0.05) is 12.7 Å². The van der Waals surface area contributed by atoms with Gasteiger partial charge < -0.3 is 10.4 Å². The zero-order chi connectivity index (χ0) is 14.5. The SMILES string of the molecule is CCC(CC)(CNC(=O)c1cncc(F)c1)C(=O)O. The van der Waals surface area contributed by atoms with Crippen molar-refractivity contribution in [2.75, 3.05) is 6.54 Å². The van der Waals surface area contributed by atoms with E-state index in [-0.39, 0.29) is 12.1 Å². The Kier molecular flexibility index (Phi) is 4.97. The van der Waals surface area contributed by atoms with Crippen LogP contribution in [0.25, 0.3) is 0 Å². The van der Waals surface area contributed by atoms with Crippen molar-refractivity contribution in [3.8, 4) is 0 Å². The molecule has 1 rings (SSSR count). The molecule has 2 N–H and O–H groups in total. The number of hydrogen-bond acceptors (Lipinski definition) is 3. The largest absolute Gasteiger partial charge is 0.481 e. The smallest absolute Gasteiger partial charge is 0.311 e. The maximum Gasteiger partial charge on any atom is 0.311 e. The van der Waals surface area contributed by atoms with Crippen LogP contribution >= 0.6 is 0 Å². The molecule has 1 amide bonds. The summed E-state index contributed by atoms with van der Waals surface area (Å²) in [6.07, 6.45) is 3.04. The van der Waals surface area contributed by atoms with E-state index in [0.29, 0.717) is 12.8 Å². The average Bonchev–Trinajstić information content (AvgIpc) is 2.40. The highest BCUT2D eigenvalue weighted by Crippen LogP contribution is 2.25. The van der Waals surface area contributed by atoms with Gasteiger partial charge in [-0.1, -0.05) is 13.8 Å². The van der Waals surface area contributed by atoms with Crippen LogP contribution in [0.3, 0.4) is 0 Å². The van der Waals surface area contributed by atoms with E-state index in [4.69, 9.17) is 0 Å². The molecular weight excluding hydrogens is 251 g/mol. The van der Waals surface area contributed by atoms with E-state index in [1.165, 1.54) is 6.20 Å². The number of aliphatic carboxylic acids is 1. The zero-order valence-electron chi connectivity index (χ0n) is 10.9. The van der Waals surface area contributed by atoms with Gasteiger partial charge in [-0.05, 0) is 18.9 Å². The molecule has 0 aromatic carbocycles. The number of hydrogen-bond donors (Lipinski definition) is 2. The lowest BCUT2D eigenvalue weighted by molar-refractivity contribution is -0.149. The second-order valence-corrected chi connectivity index (χ2v) is 4.37. The van der Waals surface area contributed by atoms with E-state index >= 15 is 0 Å². The highest BCUT2D eigenvalue weighted by Gasteiger charge is 2.35. The van der Waals surface area contributed by atoms with Gasteiger partial charge in [0.1, 0.15) is 5.82 Å². The standard InChI is InChI=1S/C13H17FN2O3/c1-3-13(4-2,12(18)19)8-16-11(17)9-5-10(14)7-15-6-9/h5-7H,3-4,8H2,1-2H3,(H,16,17)(H,18,19). The maximum atomic E-state index is 12.9. The van der Waals surface area contributed by atoms with Crippen molar-refractivity contribution in [3.05, 3.63) is 29.8 Å². The number of pyridine rings is 1. The average molecular weight is 268 g/mol. The summed E-state index contributed by atoms with van der Waals surface area (Å²) in [4.78, 5) is 26.6. The maximum absolute atomic E-state index is 12.9. The van der Waals surface area contributed by atoms with Crippen LogP contribution in [0.4, 0.5) is 4.39 Å². The van der Waals surface area contributed by atoms with Crippen molar-refractivity contribution in [3.63, 3.8) is 0 Å². The topological polar surface area (TPSA) is 79.3 Å². The van der Waals surface area contributed by atoms with Crippen LogP contribution in [0.5, 0.6) is 0 Å². The Hall–Kier alpha value is -1.98. The minimum atomic E-state index is -0.990. The molecule has 1 heterocycles. The van der Waals surface area contributed by atoms with E-state index in [0.717, 1.165) is 12.3 Å². The van der Waals surface area contributed by atoms with Crippen molar-refractivity contribution < 1.29 is 19.1 Å². The first kappa shape index (κ1) is 15.1. The van der Waals surface area contributed by atoms with Gasteiger partial charge in [-0.25, -0.2) is 4.39 Å². The first-order valence-corrected chi connectivity index (χ1v) is 6.07. The summed E-state index contributed by atoms with van der Waals surface area (Å²) >= 11 is 0. The molecule has 5 nitrogen and oxygen atoms in total. The Morgan fingerprint density at radius 1 is 1.37 bits per heavy atom. The number of rotatable bonds is 6. The predicted molar refractivity (Wildman–Crippen MR) is 67.2 cm³/mol. The van der Waals surface area contributed by atoms with Crippen LogP contribution in [0, 0.1) is 11.2 Å². The van der Waals surface area contributed by atoms with E-state index < -0.39 is 23.1 Å². The third kappa shape index (κ3) is 3.49. The molecule has 0 radical (unpaired) electrons. The molecule has 0 spiro atoms. The van der Waals surface area contributed by atoms with E-state index in [9.17, 15) is 19.1 Å². The fourth-order valence-electron chi connectivity index (χ4n) is 1.77. The van der Waals surface area contributed by atoms with Gasteiger partial charge in [0.05, 0.1) is 17.2 Å². The lowest BCUT2D eigenvalue weighted by Crippen LogP contribution is -2.42. The third-order valence-corrected chi connectivity index (χ3v) is 3.36. The molecule has 19 heavy (non-hydrogen) atoms. The number of nitrogens with zero attached hydrogens (tertiary/aromatic N) is 1. The van der Waals surface area contributed by atoms with Crippen LogP contribution in [-0.2, 0) is 4.79 Å². The van der Waals surface area contributed by atoms with Crippen LogP contribution in [0.1, 0.15) is 37.0 Å². The lowest BCUT2D eigenvalue weighted by atomic mass is 9.82. The number of carboxylic acids is 1. The Labute approximate surface area is 110 Å². The van der Waals surface area contributed by atoms with Crippen molar-refractivity contribution in [2.45, 2.75) is 26.7 Å². The van der Waals surface area contributed by atoms with E-state index in [1.807, 2.05) is 0 Å². The highest BCUT2D eigenvalue weighted by molar-refractivity contribution is 5.94. The van der Waals surface area contributed by atoms with Crippen molar-refractivity contribution in [2.24, 2.45) is 5.41 Å². The second-order valence-electron chi connectivity index (χ2n) is 4.37. The molecule has 0 aliphatic heterocycles. The fourth-order valence-corrected chi connectivity index (χ4v) is 1.77. The van der Waals surface area contributed by atoms with E-state index in [1.54, 1.807) is 13.8 Å². The normalized spacial score (nSPS) is 11.1. The number of carbonyl (C=O) groups excluding carboxylic acids is 1. The summed E-state index contributed by atoms with van der Waals surface area (Å²) < 4.78 is 12.9. The number of aromatic nitrogens is 1. The number of halogens is 1. The van der Waals surface area contributed by atoms with Gasteiger partial charge in [0.25, 0.3) is 5.91 Å². The predicted octanol–water partition coefficient (Wildman–Crippen LogP) is 1.84. The quantitative estimate of drug-likeness (QED) is 0.825. The summed E-state index contributed by atoms with van der Waals surface area (Å²) in [5, 5.41) is 11.8. The number of nitrogens with one attached hydrogen (secondary N) is 1. The highest BCUT2D eigenvalue weighted by atomic mass is 19.1. The molecule has 0 bridgehead atoms. The van der Waals surface area contributed by atoms with Gasteiger partial charge in [-0.2, -0.15) is 0 Å². The monoisotopic (exact) mass is 268 g/mol. The molecule has 0 aliphatic rings. The zero-order valence-corrected chi connectivity index (χ0v) is 10.9. The molecule has 104 valence electrons. The van der Waals surface area contributed by atoms with Crippen LogP contribution in [0.15, 0.2) is 18.5 Å². The summed E-state index contributed by atoms with van der Waals surface area (Å²) in [5.41, 5.74) is -0.914. The Bertz CT molecular complexity index is 473. The fraction of sp³-hybridized carbons (Fsp3) is 0.462. The first-order chi connectivity index (χ1) is 8.95. The molecule has 0 saturated carbocycles. The molecule has 0 atom stereocenters. The molecule has 1 aromatic rings. The van der Waals surface area contributed by atoms with Gasteiger partial charge in [-0.3, -0.25) is 14.6 Å². The van der Waals surface area contributed by atoms with E-state index in [2.05, 4.69) is 10.3 Å². The molecule has 0 aliphatic carbocycles. The summed E-state index contributed by atoms with van der Waals surface area (Å²) in [7, 11) is 0. The molecule has 0 unspecified atom stereocenters. The van der Waals surface area contributed by atoms with Crippen LogP contribution in [-0.4, -0.2) is 28.5 Å². The van der Waals surface area contributed by atoms with Crippen molar-refractivity contribution in [1.29, 1.82) is 0 Å². The number of carboxylic acid groups (broad SMARTS) is 1. The molecule has 6 heteroatoms. The Balaban J connectivity index is 2.75. The Morgan fingerprint density at radius 2 is 2.00 bits per heavy atom. The van der Waals surface area contributed by atoms with Crippen LogP contribution < -0.4 is 5.32 Å². The summed E-state index contributed by atoms with van der Waals surface area (Å²) in [6.45, 7) is 3.52. The van der Waals surface area contributed by atoms with Gasteiger partial charge in [0.15, 0.2) is 0 Å². The summed E-state index contributed by atoms with van der Waals surface area (Å²) in [5.74, 6) is -2.09. The van der Waals surface area contributed by atoms with Gasteiger partial charge >= 0.3 is 5.97 Å². The third-order valence-electron chi connectivity index (χ3n) is 3.36. The number of carbonyl (C=O) groups is 2.